The van der Waals surface area contributed by atoms with Crippen LogP contribution in [0.25, 0.3) is 0 Å². The molecule has 0 bridgehead atoms. The summed E-state index contributed by atoms with van der Waals surface area (Å²) in [6.07, 6.45) is -0.515. The predicted molar refractivity (Wildman–Crippen MR) is 75.5 cm³/mol. The summed E-state index contributed by atoms with van der Waals surface area (Å²) in [6, 6.07) is 2.07. The third-order valence-electron chi connectivity index (χ3n) is 2.58. The molecule has 0 fully saturated rings. The topological polar surface area (TPSA) is 69.7 Å². The third-order valence-corrected chi connectivity index (χ3v) is 3.91. The molecule has 0 saturated heterocycles. The van der Waals surface area contributed by atoms with E-state index in [1.807, 2.05) is 0 Å². The van der Waals surface area contributed by atoms with Gasteiger partial charge in [-0.15, -0.1) is 0 Å². The Morgan fingerprint density at radius 3 is 2.57 bits per heavy atom. The largest absolute Gasteiger partial charge is 0.457 e. The van der Waals surface area contributed by atoms with Crippen molar-refractivity contribution in [3.8, 4) is 0 Å². The zero-order chi connectivity index (χ0) is 16.2. The van der Waals surface area contributed by atoms with Crippen molar-refractivity contribution >= 4 is 25.7 Å². The maximum atomic E-state index is 13.7. The Hall–Kier alpha value is -1.18. The van der Waals surface area contributed by atoms with Gasteiger partial charge in [0.25, 0.3) is 9.05 Å². The molecule has 0 saturated carbocycles. The molecule has 0 amide bonds. The van der Waals surface area contributed by atoms with Crippen LogP contribution in [0.5, 0.6) is 0 Å². The van der Waals surface area contributed by atoms with Crippen LogP contribution in [0.4, 0.5) is 4.39 Å². The van der Waals surface area contributed by atoms with Crippen LogP contribution < -0.4 is 0 Å². The highest BCUT2D eigenvalue weighted by Crippen LogP contribution is 2.24. The molecule has 118 valence electrons. The van der Waals surface area contributed by atoms with Gasteiger partial charge in [0.15, 0.2) is 0 Å². The average Bonchev–Trinajstić information content (AvgIpc) is 2.37. The standard InChI is InChI=1S/C13H16ClFO5S/c1-4-19-7-9(3)20-13(16)10-5-8(2)12(15)11(6-10)21(14,17)18/h5-6,9H,4,7H2,1-3H3. The van der Waals surface area contributed by atoms with E-state index < -0.39 is 31.8 Å². The zero-order valence-electron chi connectivity index (χ0n) is 11.9. The summed E-state index contributed by atoms with van der Waals surface area (Å²) in [5.41, 5.74) is -0.0994. The van der Waals surface area contributed by atoms with E-state index in [2.05, 4.69) is 0 Å². The minimum Gasteiger partial charge on any atom is -0.457 e. The fraction of sp³-hybridized carbons (Fsp3) is 0.462. The number of carbonyl (C=O) groups is 1. The second kappa shape index (κ2) is 7.20. The van der Waals surface area contributed by atoms with Crippen LogP contribution in [0.2, 0.25) is 0 Å². The Bertz CT molecular complexity index is 630. The molecule has 0 aliphatic rings. The molecule has 0 N–H and O–H groups in total. The van der Waals surface area contributed by atoms with Crippen LogP contribution in [-0.2, 0) is 18.5 Å². The first-order valence-corrected chi connectivity index (χ1v) is 8.51. The highest BCUT2D eigenvalue weighted by atomic mass is 35.7. The van der Waals surface area contributed by atoms with Crippen LogP contribution in [0.1, 0.15) is 29.8 Å². The summed E-state index contributed by atoms with van der Waals surface area (Å²) in [5, 5.41) is 0. The lowest BCUT2D eigenvalue weighted by molar-refractivity contribution is 0.00436. The van der Waals surface area contributed by atoms with Crippen molar-refractivity contribution in [1.29, 1.82) is 0 Å². The minimum atomic E-state index is -4.29. The van der Waals surface area contributed by atoms with Crippen LogP contribution in [0.15, 0.2) is 17.0 Å². The highest BCUT2D eigenvalue weighted by Gasteiger charge is 2.22. The van der Waals surface area contributed by atoms with Gasteiger partial charge in [-0.05, 0) is 38.5 Å². The van der Waals surface area contributed by atoms with Crippen molar-refractivity contribution < 1.29 is 27.1 Å². The van der Waals surface area contributed by atoms with E-state index in [1.54, 1.807) is 13.8 Å². The Balaban J connectivity index is 3.04. The van der Waals surface area contributed by atoms with E-state index in [-0.39, 0.29) is 17.7 Å². The number of rotatable bonds is 6. The maximum Gasteiger partial charge on any atom is 0.338 e. The number of ether oxygens (including phenoxy) is 2. The number of hydrogen-bond donors (Lipinski definition) is 0. The van der Waals surface area contributed by atoms with Gasteiger partial charge in [-0.2, -0.15) is 0 Å². The number of aryl methyl sites for hydroxylation is 1. The SMILES string of the molecule is CCOCC(C)OC(=O)c1cc(C)c(F)c(S(=O)(=O)Cl)c1. The van der Waals surface area contributed by atoms with E-state index in [4.69, 9.17) is 20.2 Å². The van der Waals surface area contributed by atoms with Gasteiger partial charge in [0.05, 0.1) is 12.2 Å². The Kier molecular flexibility index (Phi) is 6.12. The first-order chi connectivity index (χ1) is 9.66. The molecule has 0 aliphatic carbocycles. The molecule has 1 aromatic carbocycles. The lowest BCUT2D eigenvalue weighted by atomic mass is 10.1. The second-order valence-corrected chi connectivity index (χ2v) is 6.95. The van der Waals surface area contributed by atoms with Gasteiger partial charge in [0, 0.05) is 17.3 Å². The predicted octanol–water partition coefficient (Wildman–Crippen LogP) is 2.64. The van der Waals surface area contributed by atoms with Crippen molar-refractivity contribution in [2.75, 3.05) is 13.2 Å². The molecule has 0 aliphatic heterocycles. The molecule has 0 radical (unpaired) electrons. The normalized spacial score (nSPS) is 13.0. The zero-order valence-corrected chi connectivity index (χ0v) is 13.4. The molecule has 1 atom stereocenters. The quantitative estimate of drug-likeness (QED) is 0.589. The van der Waals surface area contributed by atoms with E-state index in [1.165, 1.54) is 13.0 Å². The number of halogens is 2. The number of benzene rings is 1. The van der Waals surface area contributed by atoms with E-state index in [0.717, 1.165) is 6.07 Å². The lowest BCUT2D eigenvalue weighted by Gasteiger charge is -2.14. The van der Waals surface area contributed by atoms with E-state index in [9.17, 15) is 17.6 Å². The summed E-state index contributed by atoms with van der Waals surface area (Å²) in [6.45, 7) is 5.45. The number of hydrogen-bond acceptors (Lipinski definition) is 5. The van der Waals surface area contributed by atoms with Gasteiger partial charge in [-0.25, -0.2) is 17.6 Å². The minimum absolute atomic E-state index is 0.0128. The fourth-order valence-electron chi connectivity index (χ4n) is 1.60. The Morgan fingerprint density at radius 2 is 2.05 bits per heavy atom. The molecule has 1 unspecified atom stereocenters. The summed E-state index contributed by atoms with van der Waals surface area (Å²) >= 11 is 0. The molecule has 0 heterocycles. The van der Waals surface area contributed by atoms with Crippen LogP contribution in [0, 0.1) is 12.7 Å². The van der Waals surface area contributed by atoms with Crippen molar-refractivity contribution in [3.63, 3.8) is 0 Å². The maximum absolute atomic E-state index is 13.7. The molecular formula is C13H16ClFO5S. The molecule has 1 aromatic rings. The molecule has 0 spiro atoms. The van der Waals surface area contributed by atoms with Crippen molar-refractivity contribution in [2.45, 2.75) is 31.8 Å². The number of esters is 1. The van der Waals surface area contributed by atoms with Gasteiger partial charge in [-0.1, -0.05) is 0 Å². The number of carbonyl (C=O) groups excluding carboxylic acids is 1. The van der Waals surface area contributed by atoms with Gasteiger partial charge in [0.2, 0.25) is 0 Å². The summed E-state index contributed by atoms with van der Waals surface area (Å²) in [7, 11) is 0.857. The van der Waals surface area contributed by atoms with E-state index in [0.29, 0.717) is 6.61 Å². The molecule has 0 aromatic heterocycles. The first kappa shape index (κ1) is 17.9. The summed E-state index contributed by atoms with van der Waals surface area (Å²) < 4.78 is 46.5. The summed E-state index contributed by atoms with van der Waals surface area (Å²) in [5.74, 6) is -1.75. The molecular weight excluding hydrogens is 323 g/mol. The first-order valence-electron chi connectivity index (χ1n) is 6.20. The molecule has 5 nitrogen and oxygen atoms in total. The fourth-order valence-corrected chi connectivity index (χ4v) is 2.58. The van der Waals surface area contributed by atoms with Crippen molar-refractivity contribution in [3.05, 3.63) is 29.1 Å². The lowest BCUT2D eigenvalue weighted by Crippen LogP contribution is -2.21. The van der Waals surface area contributed by atoms with Gasteiger partial charge < -0.3 is 9.47 Å². The van der Waals surface area contributed by atoms with Gasteiger partial charge in [0.1, 0.15) is 16.8 Å². The second-order valence-electron chi connectivity index (χ2n) is 4.42. The third kappa shape index (κ3) is 4.94. The monoisotopic (exact) mass is 338 g/mol. The molecule has 8 heteroatoms. The molecule has 1 rings (SSSR count). The molecule has 21 heavy (non-hydrogen) atoms. The average molecular weight is 339 g/mol. The van der Waals surface area contributed by atoms with Crippen LogP contribution in [0.3, 0.4) is 0 Å². The van der Waals surface area contributed by atoms with Gasteiger partial charge >= 0.3 is 5.97 Å². The van der Waals surface area contributed by atoms with Crippen LogP contribution >= 0.6 is 10.7 Å². The highest BCUT2D eigenvalue weighted by molar-refractivity contribution is 8.13. The van der Waals surface area contributed by atoms with Crippen molar-refractivity contribution in [2.24, 2.45) is 0 Å². The Morgan fingerprint density at radius 1 is 1.43 bits per heavy atom. The Labute approximate surface area is 127 Å². The smallest absolute Gasteiger partial charge is 0.338 e. The van der Waals surface area contributed by atoms with Crippen molar-refractivity contribution in [1.82, 2.24) is 0 Å². The van der Waals surface area contributed by atoms with Crippen LogP contribution in [-0.4, -0.2) is 33.7 Å². The van der Waals surface area contributed by atoms with E-state index >= 15 is 0 Å². The summed E-state index contributed by atoms with van der Waals surface area (Å²) in [4.78, 5) is 11.2. The van der Waals surface area contributed by atoms with Gasteiger partial charge in [-0.3, -0.25) is 0 Å².